The molecule has 0 heterocycles. The van der Waals surface area contributed by atoms with E-state index in [4.69, 9.17) is 11.2 Å². The minimum Gasteiger partial charge on any atom is -0.480 e. The Balaban J connectivity index is 2.12. The van der Waals surface area contributed by atoms with Crippen molar-refractivity contribution < 1.29 is 13.2 Å². The van der Waals surface area contributed by atoms with Gasteiger partial charge in [0.2, 0.25) is 0 Å². The highest BCUT2D eigenvalue weighted by Crippen LogP contribution is 2.15. The van der Waals surface area contributed by atoms with Gasteiger partial charge in [0, 0.05) is 5.56 Å². The standard InChI is InChI=1S/C17H16N2O3S/c1-3-12-22-17-7-5-4-6-15(17)13-18-19-23(20,21)16-10-8-14(2)9-11-16/h1,4-11,13,19H,12H2,2H3. The monoisotopic (exact) mass is 328 g/mol. The summed E-state index contributed by atoms with van der Waals surface area (Å²) in [4.78, 5) is 2.32. The third-order valence-corrected chi connectivity index (χ3v) is 4.18. The van der Waals surface area contributed by atoms with Crippen LogP contribution in [-0.2, 0) is 10.0 Å². The van der Waals surface area contributed by atoms with Crippen molar-refractivity contribution in [2.75, 3.05) is 6.61 Å². The summed E-state index contributed by atoms with van der Waals surface area (Å²) < 4.78 is 29.6. The van der Waals surface area contributed by atoms with Gasteiger partial charge in [0.25, 0.3) is 10.0 Å². The largest absolute Gasteiger partial charge is 0.480 e. The Kier molecular flexibility index (Phi) is 5.39. The summed E-state index contributed by atoms with van der Waals surface area (Å²) in [6.45, 7) is 2.01. The molecule has 0 atom stereocenters. The summed E-state index contributed by atoms with van der Waals surface area (Å²) in [5.41, 5.74) is 1.60. The molecule has 0 saturated heterocycles. The number of sulfonamides is 1. The molecule has 0 saturated carbocycles. The minimum absolute atomic E-state index is 0.125. The number of nitrogens with one attached hydrogen (secondary N) is 1. The molecule has 2 aromatic carbocycles. The maximum absolute atomic E-state index is 12.1. The summed E-state index contributed by atoms with van der Waals surface area (Å²) in [5.74, 6) is 2.90. The third kappa shape index (κ3) is 4.59. The summed E-state index contributed by atoms with van der Waals surface area (Å²) in [5, 5.41) is 3.79. The number of benzene rings is 2. The van der Waals surface area contributed by atoms with Crippen LogP contribution in [0.5, 0.6) is 5.75 Å². The van der Waals surface area contributed by atoms with Gasteiger partial charge in [-0.3, -0.25) is 0 Å². The fraction of sp³-hybridized carbons (Fsp3) is 0.118. The molecule has 2 rings (SSSR count). The molecule has 0 aliphatic rings. The molecule has 2 aromatic rings. The molecule has 5 nitrogen and oxygen atoms in total. The van der Waals surface area contributed by atoms with Gasteiger partial charge >= 0.3 is 0 Å². The van der Waals surface area contributed by atoms with Crippen molar-refractivity contribution in [3.8, 4) is 18.1 Å². The zero-order valence-corrected chi connectivity index (χ0v) is 13.4. The van der Waals surface area contributed by atoms with Crippen molar-refractivity contribution >= 4 is 16.2 Å². The lowest BCUT2D eigenvalue weighted by molar-refractivity contribution is 0.370. The van der Waals surface area contributed by atoms with E-state index in [1.807, 2.05) is 6.92 Å². The molecule has 0 radical (unpaired) electrons. The van der Waals surface area contributed by atoms with Crippen LogP contribution in [0.15, 0.2) is 58.5 Å². The van der Waals surface area contributed by atoms with Crippen LogP contribution in [0.3, 0.4) is 0 Å². The molecule has 0 amide bonds. The molecule has 0 unspecified atom stereocenters. The predicted molar refractivity (Wildman–Crippen MR) is 89.9 cm³/mol. The molecule has 0 aliphatic carbocycles. The fourth-order valence-electron chi connectivity index (χ4n) is 1.77. The Bertz CT molecular complexity index is 835. The van der Waals surface area contributed by atoms with Crippen molar-refractivity contribution in [1.29, 1.82) is 0 Å². The molecule has 1 N–H and O–H groups in total. The van der Waals surface area contributed by atoms with Crippen LogP contribution in [0.1, 0.15) is 11.1 Å². The minimum atomic E-state index is -3.70. The van der Waals surface area contributed by atoms with Gasteiger partial charge in [0.15, 0.2) is 0 Å². The number of nitrogens with zero attached hydrogens (tertiary/aromatic N) is 1. The Labute approximate surface area is 136 Å². The topological polar surface area (TPSA) is 67.8 Å². The molecule has 0 spiro atoms. The van der Waals surface area contributed by atoms with Crippen molar-refractivity contribution in [3.05, 3.63) is 59.7 Å². The van der Waals surface area contributed by atoms with Gasteiger partial charge in [0.05, 0.1) is 11.1 Å². The zero-order chi connectivity index (χ0) is 16.7. The molecule has 23 heavy (non-hydrogen) atoms. The van der Waals surface area contributed by atoms with Gasteiger partial charge in [-0.15, -0.1) is 6.42 Å². The van der Waals surface area contributed by atoms with E-state index in [1.165, 1.54) is 18.3 Å². The average molecular weight is 328 g/mol. The van der Waals surface area contributed by atoms with Crippen molar-refractivity contribution in [2.24, 2.45) is 5.10 Å². The number of hydrazone groups is 1. The molecule has 0 aromatic heterocycles. The number of ether oxygens (including phenoxy) is 1. The van der Waals surface area contributed by atoms with Crippen LogP contribution in [0.2, 0.25) is 0 Å². The second-order valence-corrected chi connectivity index (χ2v) is 6.36. The van der Waals surface area contributed by atoms with E-state index in [2.05, 4.69) is 15.9 Å². The Morgan fingerprint density at radius 3 is 2.61 bits per heavy atom. The van der Waals surface area contributed by atoms with Gasteiger partial charge < -0.3 is 4.74 Å². The molecule has 0 fully saturated rings. The van der Waals surface area contributed by atoms with Gasteiger partial charge in [-0.2, -0.15) is 13.5 Å². The average Bonchev–Trinajstić information content (AvgIpc) is 2.54. The fourth-order valence-corrected chi connectivity index (χ4v) is 2.56. The lowest BCUT2D eigenvalue weighted by atomic mass is 10.2. The third-order valence-electron chi connectivity index (χ3n) is 2.94. The lowest BCUT2D eigenvalue weighted by Gasteiger charge is -2.06. The van der Waals surface area contributed by atoms with Crippen molar-refractivity contribution in [3.63, 3.8) is 0 Å². The van der Waals surface area contributed by atoms with Crippen LogP contribution in [0, 0.1) is 19.3 Å². The molecule has 0 bridgehead atoms. The van der Waals surface area contributed by atoms with E-state index in [9.17, 15) is 8.42 Å². The summed E-state index contributed by atoms with van der Waals surface area (Å²) in [6.07, 6.45) is 6.53. The van der Waals surface area contributed by atoms with E-state index in [0.29, 0.717) is 11.3 Å². The van der Waals surface area contributed by atoms with Gasteiger partial charge in [-0.1, -0.05) is 35.7 Å². The quantitative estimate of drug-likeness (QED) is 0.503. The number of terminal acetylenes is 1. The maximum Gasteiger partial charge on any atom is 0.276 e. The zero-order valence-electron chi connectivity index (χ0n) is 12.6. The Morgan fingerprint density at radius 1 is 1.22 bits per heavy atom. The molecule has 118 valence electrons. The van der Waals surface area contributed by atoms with E-state index in [-0.39, 0.29) is 11.5 Å². The van der Waals surface area contributed by atoms with Crippen molar-refractivity contribution in [2.45, 2.75) is 11.8 Å². The summed E-state index contributed by atoms with van der Waals surface area (Å²) in [7, 11) is -3.70. The number of aryl methyl sites for hydroxylation is 1. The first-order valence-corrected chi connectivity index (χ1v) is 8.28. The summed E-state index contributed by atoms with van der Waals surface area (Å²) >= 11 is 0. The van der Waals surface area contributed by atoms with Gasteiger partial charge in [0.1, 0.15) is 12.4 Å². The Hall–Kier alpha value is -2.78. The number of rotatable bonds is 6. The van der Waals surface area contributed by atoms with Gasteiger partial charge in [-0.05, 0) is 31.2 Å². The first-order valence-electron chi connectivity index (χ1n) is 6.80. The Morgan fingerprint density at radius 2 is 1.91 bits per heavy atom. The highest BCUT2D eigenvalue weighted by Gasteiger charge is 2.11. The van der Waals surface area contributed by atoms with E-state index < -0.39 is 10.0 Å². The molecule has 0 aliphatic heterocycles. The normalized spacial score (nSPS) is 11.1. The van der Waals surface area contributed by atoms with Crippen LogP contribution in [-0.4, -0.2) is 21.2 Å². The highest BCUT2D eigenvalue weighted by molar-refractivity contribution is 7.89. The van der Waals surface area contributed by atoms with E-state index in [0.717, 1.165) is 5.56 Å². The van der Waals surface area contributed by atoms with Crippen LogP contribution in [0.25, 0.3) is 0 Å². The van der Waals surface area contributed by atoms with Crippen LogP contribution >= 0.6 is 0 Å². The smallest absolute Gasteiger partial charge is 0.276 e. The maximum atomic E-state index is 12.1. The molecule has 6 heteroatoms. The van der Waals surface area contributed by atoms with Gasteiger partial charge in [-0.25, -0.2) is 4.83 Å². The van der Waals surface area contributed by atoms with E-state index >= 15 is 0 Å². The number of para-hydroxylation sites is 1. The van der Waals surface area contributed by atoms with E-state index in [1.54, 1.807) is 36.4 Å². The highest BCUT2D eigenvalue weighted by atomic mass is 32.2. The second-order valence-electron chi connectivity index (χ2n) is 4.70. The predicted octanol–water partition coefficient (Wildman–Crippen LogP) is 2.32. The lowest BCUT2D eigenvalue weighted by Crippen LogP contribution is -2.18. The second kappa shape index (κ2) is 7.47. The van der Waals surface area contributed by atoms with Crippen molar-refractivity contribution in [1.82, 2.24) is 4.83 Å². The molecular weight excluding hydrogens is 312 g/mol. The number of hydrogen-bond acceptors (Lipinski definition) is 4. The summed E-state index contributed by atoms with van der Waals surface area (Å²) in [6, 6.07) is 13.6. The first kappa shape index (κ1) is 16.6. The number of hydrogen-bond donors (Lipinski definition) is 1. The first-order chi connectivity index (χ1) is 11.0. The molecular formula is C17H16N2O3S. The van der Waals surface area contributed by atoms with Crippen LogP contribution in [0.4, 0.5) is 0 Å². The van der Waals surface area contributed by atoms with Crippen LogP contribution < -0.4 is 9.57 Å². The SMILES string of the molecule is C#CCOc1ccccc1C=NNS(=O)(=O)c1ccc(C)cc1.